The fraction of sp³-hybridized carbons (Fsp3) is 0.0556. The summed E-state index contributed by atoms with van der Waals surface area (Å²) in [5, 5.41) is 16.7. The van der Waals surface area contributed by atoms with Crippen LogP contribution in [0, 0.1) is 11.3 Å². The Balaban J connectivity index is 1.81. The smallest absolute Gasteiger partial charge is 0.266 e. The molecular weight excluding hydrogens is 354 g/mol. The van der Waals surface area contributed by atoms with E-state index in [2.05, 4.69) is 10.3 Å². The number of thiophene rings is 1. The SMILES string of the molecule is COc1ccccc1NC(=O)/C(C#N)=C\c1csc(-c2cccs2)n1. The van der Waals surface area contributed by atoms with Crippen LogP contribution in [-0.2, 0) is 4.79 Å². The van der Waals surface area contributed by atoms with Gasteiger partial charge in [-0.2, -0.15) is 5.26 Å². The van der Waals surface area contributed by atoms with Gasteiger partial charge in [0.25, 0.3) is 5.91 Å². The minimum absolute atomic E-state index is 0.0195. The average molecular weight is 367 g/mol. The van der Waals surface area contributed by atoms with Gasteiger partial charge in [0.2, 0.25) is 0 Å². The molecule has 0 fully saturated rings. The summed E-state index contributed by atoms with van der Waals surface area (Å²) < 4.78 is 5.20. The van der Waals surface area contributed by atoms with E-state index in [9.17, 15) is 10.1 Å². The molecule has 0 radical (unpaired) electrons. The molecule has 0 aliphatic rings. The Kier molecular flexibility index (Phi) is 5.23. The van der Waals surface area contributed by atoms with E-state index in [1.54, 1.807) is 35.6 Å². The van der Waals surface area contributed by atoms with Crippen LogP contribution in [0.3, 0.4) is 0 Å². The van der Waals surface area contributed by atoms with Crippen molar-refractivity contribution in [2.45, 2.75) is 0 Å². The third-order valence-electron chi connectivity index (χ3n) is 3.27. The highest BCUT2D eigenvalue weighted by Crippen LogP contribution is 2.28. The molecule has 0 atom stereocenters. The summed E-state index contributed by atoms with van der Waals surface area (Å²) in [5.41, 5.74) is 1.07. The summed E-state index contributed by atoms with van der Waals surface area (Å²) in [6.45, 7) is 0. The highest BCUT2D eigenvalue weighted by Gasteiger charge is 2.13. The number of anilines is 1. The van der Waals surface area contributed by atoms with Crippen LogP contribution >= 0.6 is 22.7 Å². The first-order valence-corrected chi connectivity index (χ1v) is 9.02. The predicted octanol–water partition coefficient (Wildman–Crippen LogP) is 4.43. The number of amides is 1. The summed E-state index contributed by atoms with van der Waals surface area (Å²) in [5.74, 6) is 0.0273. The molecule has 124 valence electrons. The fourth-order valence-electron chi connectivity index (χ4n) is 2.10. The van der Waals surface area contributed by atoms with Gasteiger partial charge in [-0.15, -0.1) is 22.7 Å². The Morgan fingerprint density at radius 3 is 2.84 bits per heavy atom. The van der Waals surface area contributed by atoms with Crippen LogP contribution in [0.4, 0.5) is 5.69 Å². The number of nitrogens with zero attached hydrogens (tertiary/aromatic N) is 2. The third kappa shape index (κ3) is 3.94. The van der Waals surface area contributed by atoms with Crippen LogP contribution in [-0.4, -0.2) is 18.0 Å². The number of para-hydroxylation sites is 2. The molecular formula is C18H13N3O2S2. The fourth-order valence-corrected chi connectivity index (χ4v) is 3.69. The van der Waals surface area contributed by atoms with E-state index < -0.39 is 5.91 Å². The minimum Gasteiger partial charge on any atom is -0.495 e. The number of thiazole rings is 1. The zero-order valence-electron chi connectivity index (χ0n) is 13.2. The minimum atomic E-state index is -0.502. The van der Waals surface area contributed by atoms with Gasteiger partial charge in [0.05, 0.1) is 23.4 Å². The van der Waals surface area contributed by atoms with E-state index in [0.717, 1.165) is 9.88 Å². The summed E-state index contributed by atoms with van der Waals surface area (Å²) in [7, 11) is 1.52. The number of aromatic nitrogens is 1. The summed E-state index contributed by atoms with van der Waals surface area (Å²) in [6.07, 6.45) is 1.48. The van der Waals surface area contributed by atoms with E-state index in [-0.39, 0.29) is 5.57 Å². The van der Waals surface area contributed by atoms with Crippen LogP contribution < -0.4 is 10.1 Å². The summed E-state index contributed by atoms with van der Waals surface area (Å²) in [6, 6.07) is 12.9. The van der Waals surface area contributed by atoms with Crippen LogP contribution in [0.5, 0.6) is 5.75 Å². The Hall–Kier alpha value is -2.95. The van der Waals surface area contributed by atoms with Crippen LogP contribution in [0.25, 0.3) is 16.0 Å². The third-order valence-corrected chi connectivity index (χ3v) is 5.17. The Morgan fingerprint density at radius 1 is 1.28 bits per heavy atom. The lowest BCUT2D eigenvalue weighted by atomic mass is 10.2. The maximum atomic E-state index is 12.4. The van der Waals surface area contributed by atoms with Crippen molar-refractivity contribution in [2.75, 3.05) is 12.4 Å². The van der Waals surface area contributed by atoms with Gasteiger partial charge in [0.1, 0.15) is 22.4 Å². The topological polar surface area (TPSA) is 75.0 Å². The van der Waals surface area contributed by atoms with Gasteiger partial charge in [-0.1, -0.05) is 18.2 Å². The lowest BCUT2D eigenvalue weighted by Gasteiger charge is -2.08. The first-order chi connectivity index (χ1) is 12.2. The number of nitrogens with one attached hydrogen (secondary N) is 1. The maximum absolute atomic E-state index is 12.4. The molecule has 2 heterocycles. The molecule has 3 rings (SSSR count). The number of nitriles is 1. The Labute approximate surface area is 152 Å². The maximum Gasteiger partial charge on any atom is 0.266 e. The van der Waals surface area contributed by atoms with E-state index in [1.165, 1.54) is 24.5 Å². The predicted molar refractivity (Wildman–Crippen MR) is 101 cm³/mol. The molecule has 0 unspecified atom stereocenters. The van der Waals surface area contributed by atoms with E-state index >= 15 is 0 Å². The van der Waals surface area contributed by atoms with Crippen molar-refractivity contribution in [3.05, 3.63) is 58.4 Å². The summed E-state index contributed by atoms with van der Waals surface area (Å²) in [4.78, 5) is 17.9. The lowest BCUT2D eigenvalue weighted by molar-refractivity contribution is -0.112. The molecule has 2 aromatic heterocycles. The number of rotatable bonds is 5. The number of ether oxygens (including phenoxy) is 1. The Bertz CT molecular complexity index is 953. The lowest BCUT2D eigenvalue weighted by Crippen LogP contribution is -2.14. The van der Waals surface area contributed by atoms with Crippen LogP contribution in [0.15, 0.2) is 52.7 Å². The first kappa shape index (κ1) is 16.9. The van der Waals surface area contributed by atoms with E-state index in [0.29, 0.717) is 17.1 Å². The molecule has 0 aliphatic carbocycles. The standard InChI is InChI=1S/C18H13N3O2S2/c1-23-15-6-3-2-5-14(15)21-17(22)12(10-19)9-13-11-25-18(20-13)16-7-4-8-24-16/h2-9,11H,1H3,(H,21,22)/b12-9-. The van der Waals surface area contributed by atoms with Gasteiger partial charge in [-0.3, -0.25) is 4.79 Å². The molecule has 3 aromatic rings. The van der Waals surface area contributed by atoms with Crippen molar-refractivity contribution >= 4 is 40.3 Å². The van der Waals surface area contributed by atoms with E-state index in [1.807, 2.05) is 29.0 Å². The molecule has 1 aromatic carbocycles. The first-order valence-electron chi connectivity index (χ1n) is 7.27. The van der Waals surface area contributed by atoms with Gasteiger partial charge >= 0.3 is 0 Å². The zero-order chi connectivity index (χ0) is 17.6. The van der Waals surface area contributed by atoms with Gasteiger partial charge in [-0.25, -0.2) is 4.98 Å². The number of carbonyl (C=O) groups is 1. The molecule has 1 amide bonds. The number of methoxy groups -OCH3 is 1. The second-order valence-electron chi connectivity index (χ2n) is 4.88. The highest BCUT2D eigenvalue weighted by molar-refractivity contribution is 7.20. The van der Waals surface area contributed by atoms with Gasteiger partial charge in [0.15, 0.2) is 0 Å². The average Bonchev–Trinajstić information content (AvgIpc) is 3.31. The zero-order valence-corrected chi connectivity index (χ0v) is 14.9. The van der Waals surface area contributed by atoms with Crippen molar-refractivity contribution < 1.29 is 9.53 Å². The molecule has 1 N–H and O–H groups in total. The number of benzene rings is 1. The molecule has 25 heavy (non-hydrogen) atoms. The van der Waals surface area contributed by atoms with Crippen LogP contribution in [0.1, 0.15) is 5.69 Å². The van der Waals surface area contributed by atoms with Crippen molar-refractivity contribution in [1.82, 2.24) is 4.98 Å². The second kappa shape index (κ2) is 7.75. The van der Waals surface area contributed by atoms with Crippen molar-refractivity contribution in [2.24, 2.45) is 0 Å². The normalized spacial score (nSPS) is 11.0. The van der Waals surface area contributed by atoms with E-state index in [4.69, 9.17) is 4.74 Å². The molecule has 0 bridgehead atoms. The highest BCUT2D eigenvalue weighted by atomic mass is 32.1. The number of hydrogen-bond donors (Lipinski definition) is 1. The molecule has 5 nitrogen and oxygen atoms in total. The van der Waals surface area contributed by atoms with Crippen LogP contribution in [0.2, 0.25) is 0 Å². The van der Waals surface area contributed by atoms with Crippen molar-refractivity contribution in [3.63, 3.8) is 0 Å². The molecule has 0 aliphatic heterocycles. The van der Waals surface area contributed by atoms with Crippen molar-refractivity contribution in [3.8, 4) is 21.7 Å². The summed E-state index contributed by atoms with van der Waals surface area (Å²) >= 11 is 3.07. The van der Waals surface area contributed by atoms with Crippen molar-refractivity contribution in [1.29, 1.82) is 5.26 Å². The Morgan fingerprint density at radius 2 is 2.12 bits per heavy atom. The molecule has 7 heteroatoms. The molecule has 0 saturated heterocycles. The molecule has 0 spiro atoms. The molecule has 0 saturated carbocycles. The van der Waals surface area contributed by atoms with Gasteiger partial charge in [-0.05, 0) is 29.7 Å². The largest absolute Gasteiger partial charge is 0.495 e. The number of hydrogen-bond acceptors (Lipinski definition) is 6. The van der Waals surface area contributed by atoms with Gasteiger partial charge in [0, 0.05) is 5.38 Å². The number of carbonyl (C=O) groups excluding carboxylic acids is 1. The monoisotopic (exact) mass is 367 g/mol. The van der Waals surface area contributed by atoms with Gasteiger partial charge < -0.3 is 10.1 Å². The second-order valence-corrected chi connectivity index (χ2v) is 6.68. The quantitative estimate of drug-likeness (QED) is 0.535.